The zero-order valence-electron chi connectivity index (χ0n) is 14.4. The smallest absolute Gasteiger partial charge is 0.123 e. The molecule has 2 N–H and O–H groups in total. The van der Waals surface area contributed by atoms with Gasteiger partial charge in [0.2, 0.25) is 0 Å². The summed E-state index contributed by atoms with van der Waals surface area (Å²) >= 11 is 1.82. The summed E-state index contributed by atoms with van der Waals surface area (Å²) in [6.07, 6.45) is 8.88. The normalized spacial score (nSPS) is 25.6. The minimum Gasteiger partial charge on any atom is -0.393 e. The maximum Gasteiger partial charge on any atom is 0.123 e. The van der Waals surface area contributed by atoms with Crippen LogP contribution in [0.1, 0.15) is 31.7 Å². The molecule has 2 aliphatic rings. The van der Waals surface area contributed by atoms with Crippen LogP contribution in [-0.4, -0.2) is 19.0 Å². The third-order valence-corrected chi connectivity index (χ3v) is 6.39. The first-order valence-electron chi connectivity index (χ1n) is 8.21. The number of benzene rings is 1. The lowest BCUT2D eigenvalue weighted by Gasteiger charge is -2.42. The number of nitrogens with one attached hydrogen (secondary N) is 2. The fourth-order valence-electron chi connectivity index (χ4n) is 3.84. The highest BCUT2D eigenvalue weighted by atomic mass is 32.2. The lowest BCUT2D eigenvalue weighted by molar-refractivity contribution is 0.621. The lowest BCUT2D eigenvalue weighted by Crippen LogP contribution is -2.32. The Morgan fingerprint density at radius 3 is 2.58 bits per heavy atom. The van der Waals surface area contributed by atoms with Crippen LogP contribution in [0.4, 0.5) is 4.39 Å². The second kappa shape index (κ2) is 6.60. The molecular formula is C20H23FN2S. The Morgan fingerprint density at radius 1 is 1.25 bits per heavy atom. The first kappa shape index (κ1) is 17.0. The number of rotatable bonds is 3. The highest BCUT2D eigenvalue weighted by molar-refractivity contribution is 7.99. The van der Waals surface area contributed by atoms with E-state index in [1.54, 1.807) is 12.1 Å². The zero-order chi connectivity index (χ0) is 17.3. The average molecular weight is 342 g/mol. The largest absolute Gasteiger partial charge is 0.393 e. The van der Waals surface area contributed by atoms with Crippen molar-refractivity contribution in [2.75, 3.05) is 13.3 Å². The van der Waals surface area contributed by atoms with Crippen molar-refractivity contribution >= 4 is 17.5 Å². The van der Waals surface area contributed by atoms with Crippen LogP contribution in [0.5, 0.6) is 0 Å². The molecule has 0 bridgehead atoms. The van der Waals surface area contributed by atoms with Gasteiger partial charge in [-0.2, -0.15) is 0 Å². The van der Waals surface area contributed by atoms with Crippen LogP contribution in [-0.2, 0) is 4.75 Å². The van der Waals surface area contributed by atoms with Crippen molar-refractivity contribution < 1.29 is 4.39 Å². The molecule has 3 rings (SSSR count). The standard InChI is InChI=1S/C20H23FN2S/c1-13-10-11-20(24-3,14-4-6-15(21)7-5-14)17-8-9-18(22)16(12-23-2)19(13)17/h4-7,10,12,22-23H,8-9,11H2,1-3H3/b16-12+,22-18?. The van der Waals surface area contributed by atoms with Gasteiger partial charge in [-0.15, -0.1) is 11.8 Å². The van der Waals surface area contributed by atoms with Gasteiger partial charge >= 0.3 is 0 Å². The number of hydrogen-bond acceptors (Lipinski definition) is 3. The molecule has 2 aliphatic carbocycles. The molecule has 0 amide bonds. The highest BCUT2D eigenvalue weighted by Crippen LogP contribution is 2.54. The van der Waals surface area contributed by atoms with Crippen LogP contribution in [0.3, 0.4) is 0 Å². The van der Waals surface area contributed by atoms with Crippen molar-refractivity contribution in [2.45, 2.75) is 30.9 Å². The maximum absolute atomic E-state index is 13.4. The summed E-state index contributed by atoms with van der Waals surface area (Å²) in [5.74, 6) is -0.201. The summed E-state index contributed by atoms with van der Waals surface area (Å²) in [6, 6.07) is 6.92. The van der Waals surface area contributed by atoms with Gasteiger partial charge < -0.3 is 10.7 Å². The molecule has 0 radical (unpaired) electrons. The van der Waals surface area contributed by atoms with E-state index in [9.17, 15) is 4.39 Å². The molecule has 1 atom stereocenters. The molecule has 1 aromatic rings. The van der Waals surface area contributed by atoms with Gasteiger partial charge in [0.25, 0.3) is 0 Å². The van der Waals surface area contributed by atoms with Gasteiger partial charge in [0.05, 0.1) is 4.75 Å². The van der Waals surface area contributed by atoms with Crippen LogP contribution in [0.15, 0.2) is 58.8 Å². The summed E-state index contributed by atoms with van der Waals surface area (Å²) in [6.45, 7) is 2.13. The van der Waals surface area contributed by atoms with E-state index in [-0.39, 0.29) is 10.6 Å². The van der Waals surface area contributed by atoms with Crippen LogP contribution in [0, 0.1) is 11.2 Å². The molecule has 0 aliphatic heterocycles. The Morgan fingerprint density at radius 2 is 1.96 bits per heavy atom. The van der Waals surface area contributed by atoms with Crippen LogP contribution in [0.25, 0.3) is 0 Å². The number of hydrogen-bond donors (Lipinski definition) is 2. The molecule has 2 nitrogen and oxygen atoms in total. The molecule has 0 saturated carbocycles. The monoisotopic (exact) mass is 342 g/mol. The van der Waals surface area contributed by atoms with Crippen LogP contribution >= 0.6 is 11.8 Å². The summed E-state index contributed by atoms with van der Waals surface area (Å²) in [5, 5.41) is 11.4. The molecule has 1 aromatic carbocycles. The Kier molecular flexibility index (Phi) is 4.68. The van der Waals surface area contributed by atoms with E-state index in [0.29, 0.717) is 5.71 Å². The van der Waals surface area contributed by atoms with Crippen molar-refractivity contribution in [1.82, 2.24) is 5.32 Å². The first-order chi connectivity index (χ1) is 11.5. The van der Waals surface area contributed by atoms with E-state index in [1.807, 2.05) is 37.1 Å². The van der Waals surface area contributed by atoms with Crippen LogP contribution in [0.2, 0.25) is 0 Å². The second-order valence-corrected chi connectivity index (χ2v) is 7.41. The van der Waals surface area contributed by atoms with Gasteiger partial charge in [0.15, 0.2) is 0 Å². The van der Waals surface area contributed by atoms with E-state index in [2.05, 4.69) is 24.6 Å². The minimum absolute atomic E-state index is 0.171. The molecule has 0 spiro atoms. The van der Waals surface area contributed by atoms with Gasteiger partial charge in [-0.3, -0.25) is 0 Å². The minimum atomic E-state index is -0.201. The summed E-state index contributed by atoms with van der Waals surface area (Å²) in [7, 11) is 1.87. The Balaban J connectivity index is 2.23. The highest BCUT2D eigenvalue weighted by Gasteiger charge is 2.41. The van der Waals surface area contributed by atoms with Crippen LogP contribution < -0.4 is 5.32 Å². The number of halogens is 1. The van der Waals surface area contributed by atoms with E-state index >= 15 is 0 Å². The SMILES string of the molecule is CN/C=C1\C(=N)CCC2=C1C(C)=CCC2(SC)c1ccc(F)cc1. The Hall–Kier alpha value is -1.81. The first-order valence-corrected chi connectivity index (χ1v) is 9.43. The van der Waals surface area contributed by atoms with Crippen molar-refractivity contribution in [1.29, 1.82) is 5.41 Å². The Labute approximate surface area is 147 Å². The molecule has 0 heterocycles. The van der Waals surface area contributed by atoms with Gasteiger partial charge in [-0.1, -0.05) is 18.2 Å². The molecule has 0 saturated heterocycles. The summed E-state index contributed by atoms with van der Waals surface area (Å²) in [4.78, 5) is 0. The van der Waals surface area contributed by atoms with Crippen molar-refractivity contribution in [3.8, 4) is 0 Å². The predicted molar refractivity (Wildman–Crippen MR) is 101 cm³/mol. The molecule has 0 aromatic heterocycles. The number of thioether (sulfide) groups is 1. The lowest BCUT2D eigenvalue weighted by atomic mass is 9.71. The van der Waals surface area contributed by atoms with E-state index in [4.69, 9.17) is 5.41 Å². The predicted octanol–water partition coefficient (Wildman–Crippen LogP) is 4.95. The van der Waals surface area contributed by atoms with Gasteiger partial charge in [0, 0.05) is 24.5 Å². The molecule has 4 heteroatoms. The molecule has 1 unspecified atom stereocenters. The fraction of sp³-hybridized carbons (Fsp3) is 0.350. The van der Waals surface area contributed by atoms with Gasteiger partial charge in [-0.25, -0.2) is 4.39 Å². The van der Waals surface area contributed by atoms with Crippen molar-refractivity contribution in [2.24, 2.45) is 0 Å². The topological polar surface area (TPSA) is 35.9 Å². The van der Waals surface area contributed by atoms with E-state index in [1.165, 1.54) is 16.7 Å². The van der Waals surface area contributed by atoms with Gasteiger partial charge in [0.1, 0.15) is 5.82 Å². The van der Waals surface area contributed by atoms with E-state index < -0.39 is 0 Å². The van der Waals surface area contributed by atoms with Crippen molar-refractivity contribution in [3.63, 3.8) is 0 Å². The molecule has 126 valence electrons. The van der Waals surface area contributed by atoms with E-state index in [0.717, 1.165) is 30.4 Å². The molecular weight excluding hydrogens is 319 g/mol. The fourth-order valence-corrected chi connectivity index (χ4v) is 4.91. The quantitative estimate of drug-likeness (QED) is 0.815. The maximum atomic E-state index is 13.4. The van der Waals surface area contributed by atoms with Crippen molar-refractivity contribution in [3.05, 3.63) is 70.2 Å². The zero-order valence-corrected chi connectivity index (χ0v) is 15.2. The molecule has 0 fully saturated rings. The Bertz CT molecular complexity index is 758. The summed E-state index contributed by atoms with van der Waals surface area (Å²) in [5.41, 5.74) is 6.64. The third kappa shape index (κ3) is 2.63. The van der Waals surface area contributed by atoms with Gasteiger partial charge in [-0.05, 0) is 66.9 Å². The average Bonchev–Trinajstić information content (AvgIpc) is 2.59. The third-order valence-electron chi connectivity index (χ3n) is 5.05. The number of allylic oxidation sites excluding steroid dienone is 4. The second-order valence-electron chi connectivity index (χ2n) is 6.31. The summed E-state index contributed by atoms with van der Waals surface area (Å²) < 4.78 is 13.2. The molecule has 24 heavy (non-hydrogen) atoms.